The van der Waals surface area contributed by atoms with E-state index in [1.54, 1.807) is 0 Å². The minimum Gasteiger partial charge on any atom is -0.479 e. The molecule has 1 atom stereocenters. The van der Waals surface area contributed by atoms with Crippen molar-refractivity contribution in [3.05, 3.63) is 18.1 Å². The minimum absolute atomic E-state index is 0.212. The van der Waals surface area contributed by atoms with Crippen LogP contribution in [-0.2, 0) is 14.8 Å². The summed E-state index contributed by atoms with van der Waals surface area (Å²) in [7, 11) is -2.62. The molecule has 3 heterocycles. The Morgan fingerprint density at radius 1 is 1.21 bits per heavy atom. The van der Waals surface area contributed by atoms with Gasteiger partial charge in [-0.05, 0) is 43.6 Å². The zero-order valence-corrected chi connectivity index (χ0v) is 17.1. The summed E-state index contributed by atoms with van der Waals surface area (Å²) < 4.78 is 52.1. The van der Waals surface area contributed by atoms with Crippen LogP contribution in [0.1, 0.15) is 32.1 Å². The molecule has 7 nitrogen and oxygen atoms in total. The fourth-order valence-corrected chi connectivity index (χ4v) is 6.46. The second kappa shape index (κ2) is 7.85. The lowest BCUT2D eigenvalue weighted by Crippen LogP contribution is -2.45. The Bertz CT molecular complexity index is 805. The fourth-order valence-electron chi connectivity index (χ4n) is 4.97. The van der Waals surface area contributed by atoms with Crippen LogP contribution in [0.3, 0.4) is 0 Å². The number of morpholine rings is 1. The third-order valence-corrected chi connectivity index (χ3v) is 8.57. The third kappa shape index (κ3) is 3.65. The lowest BCUT2D eigenvalue weighted by atomic mass is 9.77. The van der Waals surface area contributed by atoms with Crippen LogP contribution >= 0.6 is 0 Å². The maximum absolute atomic E-state index is 14.5. The number of sulfonamides is 1. The van der Waals surface area contributed by atoms with Gasteiger partial charge in [0.05, 0.1) is 20.3 Å². The number of nitrogens with zero attached hydrogens (tertiary/aromatic N) is 3. The van der Waals surface area contributed by atoms with Gasteiger partial charge < -0.3 is 9.47 Å². The van der Waals surface area contributed by atoms with E-state index in [9.17, 15) is 12.8 Å². The first kappa shape index (κ1) is 20.0. The highest BCUT2D eigenvalue weighted by Gasteiger charge is 2.45. The Morgan fingerprint density at radius 3 is 2.61 bits per heavy atom. The highest BCUT2D eigenvalue weighted by Crippen LogP contribution is 2.48. The van der Waals surface area contributed by atoms with Crippen molar-refractivity contribution in [2.24, 2.45) is 5.41 Å². The number of methoxy groups -OCH3 is 1. The molecule has 0 bridgehead atoms. The van der Waals surface area contributed by atoms with Gasteiger partial charge in [-0.25, -0.2) is 13.4 Å². The van der Waals surface area contributed by atoms with Gasteiger partial charge in [0, 0.05) is 38.4 Å². The van der Waals surface area contributed by atoms with Crippen LogP contribution in [0.15, 0.2) is 17.2 Å². The summed E-state index contributed by atoms with van der Waals surface area (Å²) in [5, 5.41) is 0. The number of hydrogen-bond acceptors (Lipinski definition) is 6. The Balaban J connectivity index is 1.43. The van der Waals surface area contributed by atoms with Crippen molar-refractivity contribution in [2.45, 2.75) is 43.0 Å². The van der Waals surface area contributed by atoms with Gasteiger partial charge in [-0.15, -0.1) is 0 Å². The lowest BCUT2D eigenvalue weighted by Gasteiger charge is -2.40. The van der Waals surface area contributed by atoms with E-state index in [-0.39, 0.29) is 16.2 Å². The molecule has 0 aromatic carbocycles. The lowest BCUT2D eigenvalue weighted by molar-refractivity contribution is 0.0137. The van der Waals surface area contributed by atoms with Crippen LogP contribution in [0.5, 0.6) is 5.88 Å². The Kier molecular flexibility index (Phi) is 5.61. The molecule has 1 spiro atoms. The van der Waals surface area contributed by atoms with Crippen LogP contribution in [0.2, 0.25) is 0 Å². The van der Waals surface area contributed by atoms with E-state index >= 15 is 0 Å². The van der Waals surface area contributed by atoms with Gasteiger partial charge in [-0.2, -0.15) is 8.70 Å². The summed E-state index contributed by atoms with van der Waals surface area (Å²) in [6.45, 7) is 4.45. The zero-order chi connectivity index (χ0) is 19.8. The molecule has 1 aromatic rings. The molecule has 1 aromatic heterocycles. The fraction of sp³-hybridized carbons (Fsp3) is 0.737. The van der Waals surface area contributed by atoms with E-state index in [2.05, 4.69) is 9.88 Å². The van der Waals surface area contributed by atoms with Crippen molar-refractivity contribution in [1.82, 2.24) is 14.2 Å². The summed E-state index contributed by atoms with van der Waals surface area (Å²) >= 11 is 0. The minimum atomic E-state index is -3.89. The van der Waals surface area contributed by atoms with E-state index < -0.39 is 15.8 Å². The van der Waals surface area contributed by atoms with Gasteiger partial charge in [0.2, 0.25) is 15.8 Å². The first-order valence-electron chi connectivity index (χ1n) is 9.96. The molecule has 0 radical (unpaired) electrons. The SMILES string of the molecule is COc1nccc(S(=O)(=O)N2CCC3(CCC(N4CCOCC4)C3)CC2)c1F. The average Bonchev–Trinajstić information content (AvgIpc) is 3.12. The summed E-state index contributed by atoms with van der Waals surface area (Å²) in [6, 6.07) is 1.79. The molecule has 1 unspecified atom stereocenters. The van der Waals surface area contributed by atoms with E-state index in [4.69, 9.17) is 9.47 Å². The molecule has 1 aliphatic carbocycles. The first-order chi connectivity index (χ1) is 13.5. The molecule has 3 aliphatic rings. The molecule has 2 saturated heterocycles. The van der Waals surface area contributed by atoms with Gasteiger partial charge >= 0.3 is 0 Å². The maximum Gasteiger partial charge on any atom is 0.251 e. The van der Waals surface area contributed by atoms with Gasteiger partial charge in [0.15, 0.2) is 0 Å². The number of aromatic nitrogens is 1. The maximum atomic E-state index is 14.5. The van der Waals surface area contributed by atoms with Gasteiger partial charge in [-0.1, -0.05) is 0 Å². The van der Waals surface area contributed by atoms with Crippen LogP contribution in [0.4, 0.5) is 4.39 Å². The van der Waals surface area contributed by atoms with Gasteiger partial charge in [0.25, 0.3) is 5.88 Å². The van der Waals surface area contributed by atoms with Crippen molar-refractivity contribution in [1.29, 1.82) is 0 Å². The molecule has 3 fully saturated rings. The number of piperidine rings is 1. The second-order valence-electron chi connectivity index (χ2n) is 8.08. The average molecular weight is 414 g/mol. The molecule has 9 heteroatoms. The van der Waals surface area contributed by atoms with E-state index in [1.165, 1.54) is 30.1 Å². The standard InChI is InChI=1S/C19H28FN3O4S/c1-26-18-17(20)16(3-7-21-18)28(24,25)23-8-5-19(6-9-23)4-2-15(14-19)22-10-12-27-13-11-22/h3,7,15H,2,4-6,8-14H2,1H3. The Hall–Kier alpha value is -1.29. The molecule has 1 saturated carbocycles. The molecular weight excluding hydrogens is 385 g/mol. The number of hydrogen-bond donors (Lipinski definition) is 0. The molecule has 28 heavy (non-hydrogen) atoms. The zero-order valence-electron chi connectivity index (χ0n) is 16.3. The summed E-state index contributed by atoms with van der Waals surface area (Å²) in [5.74, 6) is -1.21. The monoisotopic (exact) mass is 413 g/mol. The molecular formula is C19H28FN3O4S. The highest BCUT2D eigenvalue weighted by molar-refractivity contribution is 7.89. The van der Waals surface area contributed by atoms with Crippen molar-refractivity contribution >= 4 is 10.0 Å². The predicted molar refractivity (Wildman–Crippen MR) is 101 cm³/mol. The van der Waals surface area contributed by atoms with E-state index in [0.29, 0.717) is 19.1 Å². The van der Waals surface area contributed by atoms with E-state index in [0.717, 1.165) is 52.0 Å². The quantitative estimate of drug-likeness (QED) is 0.751. The molecule has 156 valence electrons. The molecule has 2 aliphatic heterocycles. The normalized spacial score (nSPS) is 26.6. The van der Waals surface area contributed by atoms with Crippen molar-refractivity contribution in [2.75, 3.05) is 46.5 Å². The first-order valence-corrected chi connectivity index (χ1v) is 11.4. The molecule has 4 rings (SSSR count). The molecule has 0 amide bonds. The third-order valence-electron chi connectivity index (χ3n) is 6.65. The van der Waals surface area contributed by atoms with Crippen LogP contribution in [-0.4, -0.2) is 75.2 Å². The highest BCUT2D eigenvalue weighted by atomic mass is 32.2. The van der Waals surface area contributed by atoms with Crippen LogP contribution < -0.4 is 4.74 Å². The van der Waals surface area contributed by atoms with Crippen LogP contribution in [0, 0.1) is 11.2 Å². The molecule has 0 N–H and O–H groups in total. The van der Waals surface area contributed by atoms with Gasteiger partial charge in [0.1, 0.15) is 4.90 Å². The smallest absolute Gasteiger partial charge is 0.251 e. The predicted octanol–water partition coefficient (Wildman–Crippen LogP) is 1.88. The number of rotatable bonds is 4. The largest absolute Gasteiger partial charge is 0.479 e. The van der Waals surface area contributed by atoms with Crippen molar-refractivity contribution in [3.8, 4) is 5.88 Å². The number of ether oxygens (including phenoxy) is 2. The Morgan fingerprint density at radius 2 is 1.93 bits per heavy atom. The Labute approximate surface area is 165 Å². The van der Waals surface area contributed by atoms with E-state index in [1.807, 2.05) is 0 Å². The summed E-state index contributed by atoms with van der Waals surface area (Å²) in [6.07, 6.45) is 6.36. The van der Waals surface area contributed by atoms with Crippen LogP contribution in [0.25, 0.3) is 0 Å². The number of pyridine rings is 1. The van der Waals surface area contributed by atoms with Gasteiger partial charge in [-0.3, -0.25) is 4.90 Å². The van der Waals surface area contributed by atoms with Crippen molar-refractivity contribution in [3.63, 3.8) is 0 Å². The summed E-state index contributed by atoms with van der Waals surface area (Å²) in [4.78, 5) is 5.91. The van der Waals surface area contributed by atoms with Crippen molar-refractivity contribution < 1.29 is 22.3 Å². The number of halogens is 1. The second-order valence-corrected chi connectivity index (χ2v) is 9.99. The topological polar surface area (TPSA) is 72.0 Å². The summed E-state index contributed by atoms with van der Waals surface area (Å²) in [5.41, 5.74) is 0.212.